The van der Waals surface area contributed by atoms with E-state index in [0.717, 1.165) is 20.3 Å². The number of aromatic nitrogens is 2. The fourth-order valence-electron chi connectivity index (χ4n) is 3.49. The molecule has 1 aromatic heterocycles. The Labute approximate surface area is 171 Å². The molecule has 1 atom stereocenters. The van der Waals surface area contributed by atoms with Crippen LogP contribution in [-0.2, 0) is 41.4 Å². The van der Waals surface area contributed by atoms with Crippen molar-refractivity contribution in [3.05, 3.63) is 61.8 Å². The van der Waals surface area contributed by atoms with Crippen molar-refractivity contribution in [1.82, 2.24) is 14.0 Å². The third-order valence-corrected chi connectivity index (χ3v) is 5.26. The number of amides is 1. The van der Waals surface area contributed by atoms with Crippen LogP contribution in [0.3, 0.4) is 0 Å². The quantitative estimate of drug-likeness (QED) is 0.520. The van der Waals surface area contributed by atoms with Crippen molar-refractivity contribution in [3.8, 4) is 0 Å². The van der Waals surface area contributed by atoms with Gasteiger partial charge in [-0.05, 0) is 11.1 Å². The maximum Gasteiger partial charge on any atom is 0.332 e. The number of ether oxygens (including phenoxy) is 1. The number of nitrogen functional groups attached to an aromatic ring is 1. The summed E-state index contributed by atoms with van der Waals surface area (Å²) in [7, 11) is 2.54. The second-order valence-corrected chi connectivity index (χ2v) is 7.13. The van der Waals surface area contributed by atoms with Crippen LogP contribution in [0.25, 0.3) is 0 Å². The topological polar surface area (TPSA) is 134 Å². The van der Waals surface area contributed by atoms with E-state index in [-0.39, 0.29) is 24.7 Å². The van der Waals surface area contributed by atoms with E-state index in [0.29, 0.717) is 0 Å². The number of benzene rings is 1. The number of esters is 1. The Kier molecular flexibility index (Phi) is 5.59. The van der Waals surface area contributed by atoms with Gasteiger partial charge in [0.25, 0.3) is 5.56 Å². The summed E-state index contributed by atoms with van der Waals surface area (Å²) in [5, 5.41) is 0. The molecule has 1 aliphatic rings. The monoisotopic (exact) mass is 414 g/mol. The summed E-state index contributed by atoms with van der Waals surface area (Å²) in [5.74, 6) is -2.19. The van der Waals surface area contributed by atoms with Gasteiger partial charge in [0.05, 0.1) is 0 Å². The van der Waals surface area contributed by atoms with Crippen molar-refractivity contribution >= 4 is 23.5 Å². The Hall–Kier alpha value is -3.69. The van der Waals surface area contributed by atoms with Crippen LogP contribution in [0.15, 0.2) is 33.9 Å². The molecule has 10 heteroatoms. The fourth-order valence-corrected chi connectivity index (χ4v) is 3.49. The minimum atomic E-state index is -0.884. The second-order valence-electron chi connectivity index (χ2n) is 7.13. The SMILES string of the molecule is CC(=O)N1Cc2ccccc2C[C@H]1C(=O)OCC(=O)c1c(N)n(C)c(=O)n(C)c1=O. The number of hydrogen-bond acceptors (Lipinski definition) is 7. The van der Waals surface area contributed by atoms with Crippen molar-refractivity contribution in [1.29, 1.82) is 0 Å². The van der Waals surface area contributed by atoms with E-state index in [1.807, 2.05) is 24.3 Å². The third kappa shape index (κ3) is 3.63. The molecule has 0 bridgehead atoms. The molecule has 2 aromatic rings. The molecule has 0 fully saturated rings. The summed E-state index contributed by atoms with van der Waals surface area (Å²) in [5.41, 5.74) is 5.64. The highest BCUT2D eigenvalue weighted by Gasteiger charge is 2.34. The first-order chi connectivity index (χ1) is 14.1. The number of rotatable bonds is 4. The first-order valence-corrected chi connectivity index (χ1v) is 9.22. The van der Waals surface area contributed by atoms with Gasteiger partial charge in [0.1, 0.15) is 17.4 Å². The molecule has 30 heavy (non-hydrogen) atoms. The number of anilines is 1. The lowest BCUT2D eigenvalue weighted by atomic mass is 9.94. The van der Waals surface area contributed by atoms with Crippen LogP contribution in [0.5, 0.6) is 0 Å². The average Bonchev–Trinajstić information content (AvgIpc) is 2.73. The summed E-state index contributed by atoms with van der Waals surface area (Å²) in [6, 6.07) is 6.56. The van der Waals surface area contributed by atoms with Gasteiger partial charge >= 0.3 is 11.7 Å². The van der Waals surface area contributed by atoms with Gasteiger partial charge in [0, 0.05) is 34.0 Å². The molecule has 0 aliphatic carbocycles. The minimum Gasteiger partial charge on any atom is -0.456 e. The lowest BCUT2D eigenvalue weighted by molar-refractivity contribution is -0.154. The zero-order chi connectivity index (χ0) is 22.2. The molecule has 0 radical (unpaired) electrons. The first kappa shape index (κ1) is 21.0. The van der Waals surface area contributed by atoms with Gasteiger partial charge in [-0.1, -0.05) is 24.3 Å². The van der Waals surface area contributed by atoms with Gasteiger partial charge in [-0.3, -0.25) is 23.5 Å². The number of carbonyl (C=O) groups is 3. The molecule has 158 valence electrons. The maximum absolute atomic E-state index is 12.7. The number of ketones is 1. The summed E-state index contributed by atoms with van der Waals surface area (Å²) >= 11 is 0. The van der Waals surface area contributed by atoms with Gasteiger partial charge in [-0.2, -0.15) is 0 Å². The number of hydrogen-bond donors (Lipinski definition) is 1. The molecule has 1 amide bonds. The molecule has 0 unspecified atom stereocenters. The van der Waals surface area contributed by atoms with Gasteiger partial charge in [0.15, 0.2) is 6.61 Å². The van der Waals surface area contributed by atoms with Crippen LogP contribution in [-0.4, -0.2) is 44.3 Å². The molecule has 3 rings (SSSR count). The van der Waals surface area contributed by atoms with E-state index in [1.54, 1.807) is 0 Å². The standard InChI is InChI=1S/C20H22N4O6/c1-11(25)24-9-13-7-5-4-6-12(13)8-14(24)19(28)30-10-15(26)16-17(21)22(2)20(29)23(3)18(16)27/h4-7,14H,8-10,21H2,1-3H3/t14-/m0/s1. The number of nitrogens with two attached hydrogens (primary N) is 1. The molecule has 0 saturated heterocycles. The molecule has 2 N–H and O–H groups in total. The van der Waals surface area contributed by atoms with Crippen molar-refractivity contribution in [2.45, 2.75) is 25.9 Å². The van der Waals surface area contributed by atoms with Crippen LogP contribution < -0.4 is 17.0 Å². The second kappa shape index (κ2) is 7.97. The molecule has 1 aromatic carbocycles. The molecule has 10 nitrogen and oxygen atoms in total. The van der Waals surface area contributed by atoms with E-state index in [9.17, 15) is 24.0 Å². The highest BCUT2D eigenvalue weighted by atomic mass is 16.5. The third-order valence-electron chi connectivity index (χ3n) is 5.26. The van der Waals surface area contributed by atoms with Crippen LogP contribution >= 0.6 is 0 Å². The van der Waals surface area contributed by atoms with Crippen molar-refractivity contribution in [2.75, 3.05) is 12.3 Å². The van der Waals surface area contributed by atoms with E-state index in [1.165, 1.54) is 25.9 Å². The Morgan fingerprint density at radius 2 is 1.73 bits per heavy atom. The highest BCUT2D eigenvalue weighted by molar-refractivity contribution is 6.01. The highest BCUT2D eigenvalue weighted by Crippen LogP contribution is 2.24. The molecule has 0 spiro atoms. The van der Waals surface area contributed by atoms with Crippen LogP contribution in [0.4, 0.5) is 5.82 Å². The zero-order valence-electron chi connectivity index (χ0n) is 16.9. The summed E-state index contributed by atoms with van der Waals surface area (Å²) in [6.07, 6.45) is 0.256. The molecule has 1 aliphatic heterocycles. The fraction of sp³-hybridized carbons (Fsp3) is 0.350. The molecular weight excluding hydrogens is 392 g/mol. The van der Waals surface area contributed by atoms with Crippen LogP contribution in [0.1, 0.15) is 28.4 Å². The number of Topliss-reactive ketones (excluding diaryl/α,β-unsaturated/α-hetero) is 1. The van der Waals surface area contributed by atoms with Gasteiger partial charge < -0.3 is 15.4 Å². The first-order valence-electron chi connectivity index (χ1n) is 9.22. The Bertz CT molecular complexity index is 1160. The van der Waals surface area contributed by atoms with E-state index in [4.69, 9.17) is 10.5 Å². The predicted octanol–water partition coefficient (Wildman–Crippen LogP) is -0.634. The number of fused-ring (bicyclic) bond motifs is 1. The zero-order valence-corrected chi connectivity index (χ0v) is 16.9. The van der Waals surface area contributed by atoms with E-state index >= 15 is 0 Å². The lowest BCUT2D eigenvalue weighted by Crippen LogP contribution is -2.49. The summed E-state index contributed by atoms with van der Waals surface area (Å²) < 4.78 is 6.85. The molecule has 2 heterocycles. The molecular formula is C20H22N4O6. The molecule has 0 saturated carbocycles. The van der Waals surface area contributed by atoms with Crippen LogP contribution in [0, 0.1) is 0 Å². The van der Waals surface area contributed by atoms with Gasteiger partial charge in [-0.25, -0.2) is 9.59 Å². The largest absolute Gasteiger partial charge is 0.456 e. The van der Waals surface area contributed by atoms with Crippen molar-refractivity contribution < 1.29 is 19.1 Å². The Morgan fingerprint density at radius 3 is 2.37 bits per heavy atom. The van der Waals surface area contributed by atoms with Gasteiger partial charge in [-0.15, -0.1) is 0 Å². The summed E-state index contributed by atoms with van der Waals surface area (Å²) in [6.45, 7) is 0.877. The number of carbonyl (C=O) groups excluding carboxylic acids is 3. The Morgan fingerprint density at radius 1 is 1.10 bits per heavy atom. The van der Waals surface area contributed by atoms with Gasteiger partial charge in [0.2, 0.25) is 11.7 Å². The number of nitrogens with zero attached hydrogens (tertiary/aromatic N) is 3. The lowest BCUT2D eigenvalue weighted by Gasteiger charge is -2.34. The maximum atomic E-state index is 12.7. The minimum absolute atomic E-state index is 0.256. The Balaban J connectivity index is 1.80. The summed E-state index contributed by atoms with van der Waals surface area (Å²) in [4.78, 5) is 62.8. The predicted molar refractivity (Wildman–Crippen MR) is 107 cm³/mol. The average molecular weight is 414 g/mol. The van der Waals surface area contributed by atoms with Crippen molar-refractivity contribution in [3.63, 3.8) is 0 Å². The van der Waals surface area contributed by atoms with E-state index < -0.39 is 41.2 Å². The van der Waals surface area contributed by atoms with Crippen molar-refractivity contribution in [2.24, 2.45) is 14.1 Å². The van der Waals surface area contributed by atoms with Crippen LogP contribution in [0.2, 0.25) is 0 Å². The normalized spacial score (nSPS) is 15.4. The van der Waals surface area contributed by atoms with E-state index in [2.05, 4.69) is 0 Å². The smallest absolute Gasteiger partial charge is 0.332 e.